The van der Waals surface area contributed by atoms with Gasteiger partial charge in [0.1, 0.15) is 17.5 Å². The summed E-state index contributed by atoms with van der Waals surface area (Å²) in [5.41, 5.74) is 2.90. The van der Waals surface area contributed by atoms with Crippen LogP contribution in [0.3, 0.4) is 0 Å². The van der Waals surface area contributed by atoms with E-state index in [4.69, 9.17) is 21.1 Å². The molecule has 0 aliphatic carbocycles. The highest BCUT2D eigenvalue weighted by Gasteiger charge is 2.45. The van der Waals surface area contributed by atoms with E-state index < -0.39 is 29.7 Å². The van der Waals surface area contributed by atoms with Crippen LogP contribution in [0.25, 0.3) is 0 Å². The van der Waals surface area contributed by atoms with Crippen molar-refractivity contribution in [3.05, 3.63) is 53.1 Å². The topological polar surface area (TPSA) is 105 Å². The lowest BCUT2D eigenvalue weighted by atomic mass is 10.2. The predicted molar refractivity (Wildman–Crippen MR) is 116 cm³/mol. The fourth-order valence-electron chi connectivity index (χ4n) is 3.30. The molecule has 1 fully saturated rings. The molecular weight excluding hydrogens is 438 g/mol. The van der Waals surface area contributed by atoms with Gasteiger partial charge < -0.3 is 9.47 Å². The summed E-state index contributed by atoms with van der Waals surface area (Å²) in [6.45, 7) is 1.59. The molecule has 1 unspecified atom stereocenters. The molecule has 32 heavy (non-hydrogen) atoms. The van der Waals surface area contributed by atoms with E-state index in [2.05, 4.69) is 5.43 Å². The summed E-state index contributed by atoms with van der Waals surface area (Å²) < 4.78 is 10.4. The number of nitrogens with one attached hydrogen (secondary N) is 1. The maximum atomic E-state index is 13.2. The highest BCUT2D eigenvalue weighted by atomic mass is 35.5. The van der Waals surface area contributed by atoms with E-state index in [1.807, 2.05) is 0 Å². The molecule has 0 radical (unpaired) electrons. The number of hydrogen-bond acceptors (Lipinski definition) is 6. The van der Waals surface area contributed by atoms with Gasteiger partial charge in [0.25, 0.3) is 11.8 Å². The van der Waals surface area contributed by atoms with Crippen molar-refractivity contribution < 1.29 is 28.7 Å². The van der Waals surface area contributed by atoms with Gasteiger partial charge in [0.05, 0.1) is 26.3 Å². The Bertz CT molecular complexity index is 1050. The third-order valence-corrected chi connectivity index (χ3v) is 5.14. The SMILES string of the molecule is CCC(=O)N(NC(=O)c1cccc(Cl)c1)C1CC(=O)N(c2cc(OC)cc(OC)c2)C1=O. The zero-order valence-electron chi connectivity index (χ0n) is 17.8. The Morgan fingerprint density at radius 1 is 1.12 bits per heavy atom. The van der Waals surface area contributed by atoms with E-state index in [1.54, 1.807) is 25.1 Å². The molecule has 1 aliphatic rings. The van der Waals surface area contributed by atoms with Crippen LogP contribution in [0, 0.1) is 0 Å². The van der Waals surface area contributed by atoms with Crippen LogP contribution < -0.4 is 19.8 Å². The van der Waals surface area contributed by atoms with Crippen molar-refractivity contribution in [3.63, 3.8) is 0 Å². The van der Waals surface area contributed by atoms with Crippen LogP contribution in [-0.4, -0.2) is 48.9 Å². The molecule has 2 aromatic rings. The summed E-state index contributed by atoms with van der Waals surface area (Å²) >= 11 is 5.93. The average Bonchev–Trinajstić information content (AvgIpc) is 3.09. The number of hydrazine groups is 1. The van der Waals surface area contributed by atoms with Crippen molar-refractivity contribution in [1.82, 2.24) is 10.4 Å². The molecule has 10 heteroatoms. The number of carbonyl (C=O) groups is 4. The lowest BCUT2D eigenvalue weighted by Gasteiger charge is -2.27. The normalized spacial score (nSPS) is 15.5. The second-order valence-corrected chi connectivity index (χ2v) is 7.36. The molecule has 2 aromatic carbocycles. The first kappa shape index (κ1) is 23.1. The lowest BCUT2D eigenvalue weighted by molar-refractivity contribution is -0.140. The molecule has 3 rings (SSSR count). The van der Waals surface area contributed by atoms with Crippen LogP contribution in [0.15, 0.2) is 42.5 Å². The molecule has 0 aromatic heterocycles. The third kappa shape index (κ3) is 4.67. The monoisotopic (exact) mass is 459 g/mol. The molecule has 9 nitrogen and oxygen atoms in total. The van der Waals surface area contributed by atoms with Crippen LogP contribution in [-0.2, 0) is 14.4 Å². The van der Waals surface area contributed by atoms with E-state index >= 15 is 0 Å². The van der Waals surface area contributed by atoms with E-state index in [-0.39, 0.29) is 24.1 Å². The van der Waals surface area contributed by atoms with Crippen LogP contribution in [0.4, 0.5) is 5.69 Å². The van der Waals surface area contributed by atoms with Crippen LogP contribution in [0.2, 0.25) is 5.02 Å². The Balaban J connectivity index is 1.91. The number of imide groups is 1. The van der Waals surface area contributed by atoms with Crippen molar-refractivity contribution >= 4 is 40.9 Å². The molecule has 0 bridgehead atoms. The first-order chi connectivity index (χ1) is 15.3. The minimum atomic E-state index is -1.20. The van der Waals surface area contributed by atoms with E-state index in [0.29, 0.717) is 16.5 Å². The third-order valence-electron chi connectivity index (χ3n) is 4.91. The van der Waals surface area contributed by atoms with Crippen molar-refractivity contribution in [2.24, 2.45) is 0 Å². The average molecular weight is 460 g/mol. The van der Waals surface area contributed by atoms with E-state index in [1.165, 1.54) is 38.5 Å². The summed E-state index contributed by atoms with van der Waals surface area (Å²) in [6, 6.07) is 9.57. The van der Waals surface area contributed by atoms with Crippen LogP contribution in [0.1, 0.15) is 30.1 Å². The van der Waals surface area contributed by atoms with Gasteiger partial charge >= 0.3 is 0 Å². The fraction of sp³-hybridized carbons (Fsp3) is 0.273. The first-order valence-corrected chi connectivity index (χ1v) is 10.1. The van der Waals surface area contributed by atoms with Gasteiger partial charge in [-0.05, 0) is 18.2 Å². The van der Waals surface area contributed by atoms with Gasteiger partial charge in [-0.1, -0.05) is 24.6 Å². The number of nitrogens with zero attached hydrogens (tertiary/aromatic N) is 2. The Labute approximate surface area is 189 Å². The number of ether oxygens (including phenoxy) is 2. The summed E-state index contributed by atoms with van der Waals surface area (Å²) in [4.78, 5) is 52.2. The molecule has 1 saturated heterocycles. The number of rotatable bonds is 6. The summed E-state index contributed by atoms with van der Waals surface area (Å²) in [5, 5.41) is 1.26. The minimum Gasteiger partial charge on any atom is -0.497 e. The molecule has 1 heterocycles. The number of amides is 4. The fourth-order valence-corrected chi connectivity index (χ4v) is 3.49. The second-order valence-electron chi connectivity index (χ2n) is 6.93. The zero-order valence-corrected chi connectivity index (χ0v) is 18.5. The van der Waals surface area contributed by atoms with Crippen molar-refractivity contribution in [1.29, 1.82) is 0 Å². The van der Waals surface area contributed by atoms with Gasteiger partial charge in [0.15, 0.2) is 0 Å². The number of benzene rings is 2. The Kier molecular flexibility index (Phi) is 6.99. The molecule has 1 N–H and O–H groups in total. The Morgan fingerprint density at radius 3 is 2.34 bits per heavy atom. The molecular formula is C22H22ClN3O6. The van der Waals surface area contributed by atoms with Gasteiger partial charge in [-0.2, -0.15) is 0 Å². The number of methoxy groups -OCH3 is 2. The zero-order chi connectivity index (χ0) is 23.4. The smallest absolute Gasteiger partial charge is 0.269 e. The van der Waals surface area contributed by atoms with Crippen LogP contribution in [0.5, 0.6) is 11.5 Å². The lowest BCUT2D eigenvalue weighted by Crippen LogP contribution is -2.54. The molecule has 1 aliphatic heterocycles. The molecule has 0 saturated carbocycles. The summed E-state index contributed by atoms with van der Waals surface area (Å²) in [7, 11) is 2.89. The number of carbonyl (C=O) groups excluding carboxylic acids is 4. The standard InChI is InChI=1S/C22H22ClN3O6/c1-4-19(27)26(24-21(29)13-6-5-7-14(23)8-13)18-12-20(28)25(22(18)30)15-9-16(31-2)11-17(10-15)32-3/h5-11,18H,4,12H2,1-3H3,(H,24,29). The van der Waals surface area contributed by atoms with Gasteiger partial charge in [0, 0.05) is 35.2 Å². The Morgan fingerprint density at radius 2 is 1.78 bits per heavy atom. The molecule has 0 spiro atoms. The van der Waals surface area contributed by atoms with Crippen molar-refractivity contribution in [2.75, 3.05) is 19.1 Å². The first-order valence-electron chi connectivity index (χ1n) is 9.77. The summed E-state index contributed by atoms with van der Waals surface area (Å²) in [5.74, 6) is -1.55. The van der Waals surface area contributed by atoms with E-state index in [0.717, 1.165) is 9.91 Å². The summed E-state index contributed by atoms with van der Waals surface area (Å²) in [6.07, 6.45) is -0.277. The maximum absolute atomic E-state index is 13.2. The predicted octanol–water partition coefficient (Wildman–Crippen LogP) is 2.57. The van der Waals surface area contributed by atoms with Gasteiger partial charge in [0.2, 0.25) is 11.8 Å². The Hall–Kier alpha value is -3.59. The van der Waals surface area contributed by atoms with Gasteiger partial charge in [-0.3, -0.25) is 24.6 Å². The second kappa shape index (κ2) is 9.69. The number of hydrogen-bond donors (Lipinski definition) is 1. The highest BCUT2D eigenvalue weighted by Crippen LogP contribution is 2.32. The molecule has 168 valence electrons. The van der Waals surface area contributed by atoms with Crippen molar-refractivity contribution in [3.8, 4) is 11.5 Å². The van der Waals surface area contributed by atoms with E-state index in [9.17, 15) is 19.2 Å². The number of anilines is 1. The van der Waals surface area contributed by atoms with Gasteiger partial charge in [-0.15, -0.1) is 0 Å². The van der Waals surface area contributed by atoms with Crippen molar-refractivity contribution in [2.45, 2.75) is 25.8 Å². The molecule has 1 atom stereocenters. The highest BCUT2D eigenvalue weighted by molar-refractivity contribution is 6.31. The maximum Gasteiger partial charge on any atom is 0.269 e. The largest absolute Gasteiger partial charge is 0.497 e. The quantitative estimate of drug-likeness (QED) is 0.525. The molecule has 4 amide bonds. The minimum absolute atomic E-state index is 0.0147. The van der Waals surface area contributed by atoms with Gasteiger partial charge in [-0.25, -0.2) is 9.91 Å². The van der Waals surface area contributed by atoms with Crippen LogP contribution >= 0.6 is 11.6 Å². The number of halogens is 1.